The second-order valence-electron chi connectivity index (χ2n) is 8.60. The van der Waals surface area contributed by atoms with E-state index in [2.05, 4.69) is 25.9 Å². The number of pyridine rings is 1. The molecule has 7 nitrogen and oxygen atoms in total. The molecule has 1 fully saturated rings. The molecule has 4 N–H and O–H groups in total. The van der Waals surface area contributed by atoms with Crippen LogP contribution < -0.4 is 20.7 Å². The molecule has 1 aromatic carbocycles. The smallest absolute Gasteiger partial charge is 0.255 e. The number of nitrogens with one attached hydrogen (secondary N) is 4. The van der Waals surface area contributed by atoms with Gasteiger partial charge >= 0.3 is 0 Å². The first-order valence-corrected chi connectivity index (χ1v) is 11.5. The minimum absolute atomic E-state index is 0.154. The van der Waals surface area contributed by atoms with Gasteiger partial charge in [-0.25, -0.2) is 4.39 Å². The highest BCUT2D eigenvalue weighted by Crippen LogP contribution is 2.40. The SMILES string of the molecule is Cc1c(F)cccc1Nc1c(-c2ccncc2OC[C@H]2CCCCN2)[nH]c2c1C(=O)NCC2. The zero-order valence-electron chi connectivity index (χ0n) is 18.6. The predicted molar refractivity (Wildman–Crippen MR) is 126 cm³/mol. The van der Waals surface area contributed by atoms with Gasteiger partial charge in [-0.05, 0) is 44.5 Å². The third kappa shape index (κ3) is 4.30. The largest absolute Gasteiger partial charge is 0.490 e. The number of aromatic amines is 1. The van der Waals surface area contributed by atoms with Crippen molar-refractivity contribution in [2.24, 2.45) is 0 Å². The molecule has 2 aliphatic heterocycles. The van der Waals surface area contributed by atoms with Gasteiger partial charge in [0.25, 0.3) is 5.91 Å². The summed E-state index contributed by atoms with van der Waals surface area (Å²) in [7, 11) is 0. The number of benzene rings is 1. The molecule has 172 valence electrons. The molecule has 2 aromatic heterocycles. The van der Waals surface area contributed by atoms with Crippen LogP contribution in [0.4, 0.5) is 15.8 Å². The topological polar surface area (TPSA) is 91.1 Å². The van der Waals surface area contributed by atoms with Crippen LogP contribution in [0.15, 0.2) is 36.7 Å². The van der Waals surface area contributed by atoms with Crippen LogP contribution in [0, 0.1) is 12.7 Å². The Kier molecular flexibility index (Phi) is 6.00. The van der Waals surface area contributed by atoms with Crippen LogP contribution in [0.25, 0.3) is 11.3 Å². The highest BCUT2D eigenvalue weighted by molar-refractivity contribution is 6.06. The summed E-state index contributed by atoms with van der Waals surface area (Å²) in [5, 5.41) is 9.74. The Bertz CT molecular complexity index is 1170. The molecule has 0 aliphatic carbocycles. The van der Waals surface area contributed by atoms with Crippen molar-refractivity contribution < 1.29 is 13.9 Å². The van der Waals surface area contributed by atoms with Gasteiger partial charge in [0.15, 0.2) is 0 Å². The standard InChI is InChI=1S/C25H28FN5O2/c1-15-18(26)6-4-7-19(15)30-24-22-20(9-12-29-25(22)32)31-23(24)17-8-11-27-13-21(17)33-14-16-5-2-3-10-28-16/h4,6-8,11,13,16,28,30-31H,2-3,5,9-10,12,14H2,1H3,(H,29,32)/t16-/m1/s1. The maximum absolute atomic E-state index is 14.2. The monoisotopic (exact) mass is 449 g/mol. The van der Waals surface area contributed by atoms with E-state index in [1.165, 1.54) is 18.9 Å². The summed E-state index contributed by atoms with van der Waals surface area (Å²) in [5.74, 6) is 0.185. The fourth-order valence-corrected chi connectivity index (χ4v) is 4.54. The molecule has 4 heterocycles. The molecule has 1 saturated heterocycles. The Labute approximate surface area is 192 Å². The first kappa shape index (κ1) is 21.5. The molecule has 3 aromatic rings. The van der Waals surface area contributed by atoms with Gasteiger partial charge in [-0.1, -0.05) is 12.5 Å². The van der Waals surface area contributed by atoms with Gasteiger partial charge in [0.2, 0.25) is 0 Å². The summed E-state index contributed by atoms with van der Waals surface area (Å²) in [4.78, 5) is 20.5. The Hall–Kier alpha value is -3.39. The van der Waals surface area contributed by atoms with Gasteiger partial charge in [0, 0.05) is 47.7 Å². The lowest BCUT2D eigenvalue weighted by Gasteiger charge is -2.24. The van der Waals surface area contributed by atoms with Gasteiger partial charge in [-0.3, -0.25) is 9.78 Å². The summed E-state index contributed by atoms with van der Waals surface area (Å²) < 4.78 is 20.4. The molecule has 8 heteroatoms. The first-order chi connectivity index (χ1) is 16.1. The minimum Gasteiger partial charge on any atom is -0.490 e. The van der Waals surface area contributed by atoms with Crippen LogP contribution in [0.3, 0.4) is 0 Å². The van der Waals surface area contributed by atoms with Crippen LogP contribution >= 0.6 is 0 Å². The number of aromatic nitrogens is 2. The van der Waals surface area contributed by atoms with Gasteiger partial charge in [-0.15, -0.1) is 0 Å². The van der Waals surface area contributed by atoms with Crippen molar-refractivity contribution >= 4 is 17.3 Å². The molecular formula is C25H28FN5O2. The third-order valence-electron chi connectivity index (χ3n) is 6.40. The highest BCUT2D eigenvalue weighted by Gasteiger charge is 2.28. The van der Waals surface area contributed by atoms with Gasteiger partial charge in [0.05, 0.1) is 23.1 Å². The van der Waals surface area contributed by atoms with Crippen molar-refractivity contribution in [3.63, 3.8) is 0 Å². The van der Waals surface area contributed by atoms with Crippen LogP contribution in [-0.4, -0.2) is 41.6 Å². The van der Waals surface area contributed by atoms with E-state index < -0.39 is 0 Å². The Morgan fingerprint density at radius 2 is 2.15 bits per heavy atom. The summed E-state index contributed by atoms with van der Waals surface area (Å²) in [6.45, 7) is 3.84. The number of carbonyl (C=O) groups excluding carboxylic acids is 1. The van der Waals surface area contributed by atoms with Crippen LogP contribution in [-0.2, 0) is 6.42 Å². The normalized spacial score (nSPS) is 17.9. The molecule has 0 spiro atoms. The van der Waals surface area contributed by atoms with Crippen molar-refractivity contribution in [2.45, 2.75) is 38.6 Å². The number of amides is 1. The molecular weight excluding hydrogens is 421 g/mol. The highest BCUT2D eigenvalue weighted by atomic mass is 19.1. The molecule has 2 aliphatic rings. The molecule has 5 rings (SSSR count). The molecule has 0 radical (unpaired) electrons. The number of anilines is 2. The fraction of sp³-hybridized carbons (Fsp3) is 0.360. The number of halogens is 1. The molecule has 0 bridgehead atoms. The number of piperidine rings is 1. The van der Waals surface area contributed by atoms with Crippen LogP contribution in [0.2, 0.25) is 0 Å². The number of carbonyl (C=O) groups is 1. The maximum Gasteiger partial charge on any atom is 0.255 e. The quantitative estimate of drug-likeness (QED) is 0.455. The molecule has 0 saturated carbocycles. The van der Waals surface area contributed by atoms with Crippen LogP contribution in [0.5, 0.6) is 5.75 Å². The Morgan fingerprint density at radius 3 is 3.00 bits per heavy atom. The van der Waals surface area contributed by atoms with Crippen molar-refractivity contribution in [1.29, 1.82) is 0 Å². The lowest BCUT2D eigenvalue weighted by Crippen LogP contribution is -2.38. The number of fused-ring (bicyclic) bond motifs is 1. The first-order valence-electron chi connectivity index (χ1n) is 11.5. The zero-order chi connectivity index (χ0) is 22.8. The van der Waals surface area contributed by atoms with E-state index in [0.717, 1.165) is 29.9 Å². The van der Waals surface area contributed by atoms with Crippen molar-refractivity contribution in [1.82, 2.24) is 20.6 Å². The second-order valence-corrected chi connectivity index (χ2v) is 8.60. The van der Waals surface area contributed by atoms with E-state index in [9.17, 15) is 9.18 Å². The number of rotatable bonds is 6. The van der Waals surface area contributed by atoms with Crippen LogP contribution in [0.1, 0.15) is 40.9 Å². The summed E-state index contributed by atoms with van der Waals surface area (Å²) in [6, 6.07) is 7.07. The van der Waals surface area contributed by atoms with E-state index in [1.807, 2.05) is 6.07 Å². The zero-order valence-corrected chi connectivity index (χ0v) is 18.6. The van der Waals surface area contributed by atoms with E-state index >= 15 is 0 Å². The number of hydrogen-bond donors (Lipinski definition) is 4. The number of hydrogen-bond acceptors (Lipinski definition) is 5. The van der Waals surface area contributed by atoms with Gasteiger partial charge < -0.3 is 25.7 Å². The van der Waals surface area contributed by atoms with Crippen molar-refractivity contribution in [3.8, 4) is 17.0 Å². The molecule has 1 amide bonds. The van der Waals surface area contributed by atoms with E-state index in [-0.39, 0.29) is 11.7 Å². The maximum atomic E-state index is 14.2. The van der Waals surface area contributed by atoms with E-state index in [4.69, 9.17) is 4.74 Å². The fourth-order valence-electron chi connectivity index (χ4n) is 4.54. The lowest BCUT2D eigenvalue weighted by molar-refractivity contribution is 0.0947. The number of H-pyrrole nitrogens is 1. The number of ether oxygens (including phenoxy) is 1. The third-order valence-corrected chi connectivity index (χ3v) is 6.40. The van der Waals surface area contributed by atoms with Gasteiger partial charge in [-0.2, -0.15) is 0 Å². The summed E-state index contributed by atoms with van der Waals surface area (Å²) in [5.41, 5.74) is 4.65. The van der Waals surface area contributed by atoms with E-state index in [0.29, 0.717) is 53.9 Å². The average molecular weight is 450 g/mol. The molecule has 0 unspecified atom stereocenters. The average Bonchev–Trinajstić information content (AvgIpc) is 3.21. The molecule has 33 heavy (non-hydrogen) atoms. The van der Waals surface area contributed by atoms with Crippen molar-refractivity contribution in [3.05, 3.63) is 59.3 Å². The summed E-state index contributed by atoms with van der Waals surface area (Å²) in [6.07, 6.45) is 7.57. The Balaban J connectivity index is 1.54. The second kappa shape index (κ2) is 9.23. The van der Waals surface area contributed by atoms with E-state index in [1.54, 1.807) is 31.5 Å². The molecule has 1 atom stereocenters. The summed E-state index contributed by atoms with van der Waals surface area (Å²) >= 11 is 0. The minimum atomic E-state index is -0.302. The Morgan fingerprint density at radius 1 is 1.24 bits per heavy atom. The lowest BCUT2D eigenvalue weighted by atomic mass is 10.0. The van der Waals surface area contributed by atoms with Gasteiger partial charge in [0.1, 0.15) is 18.2 Å². The van der Waals surface area contributed by atoms with Crippen molar-refractivity contribution in [2.75, 3.05) is 25.0 Å². The predicted octanol–water partition coefficient (Wildman–Crippen LogP) is 4.07. The number of nitrogens with zero attached hydrogens (tertiary/aromatic N) is 1.